The van der Waals surface area contributed by atoms with Gasteiger partial charge in [0.2, 0.25) is 5.91 Å². The number of methoxy groups -OCH3 is 1. The van der Waals surface area contributed by atoms with Gasteiger partial charge in [-0.3, -0.25) is 4.79 Å². The molecule has 1 aromatic carbocycles. The van der Waals surface area contributed by atoms with E-state index in [1.54, 1.807) is 7.11 Å². The summed E-state index contributed by atoms with van der Waals surface area (Å²) in [4.78, 5) is 14.2. The minimum absolute atomic E-state index is 0. The second-order valence-corrected chi connectivity index (χ2v) is 5.33. The van der Waals surface area contributed by atoms with Crippen molar-refractivity contribution in [3.05, 3.63) is 35.4 Å². The second-order valence-electron chi connectivity index (χ2n) is 5.33. The van der Waals surface area contributed by atoms with E-state index in [1.165, 1.54) is 0 Å². The molecule has 1 amide bonds. The molecule has 0 saturated carbocycles. The van der Waals surface area contributed by atoms with Gasteiger partial charge in [-0.1, -0.05) is 29.8 Å². The number of hydrogen-bond donors (Lipinski definition) is 2. The lowest BCUT2D eigenvalue weighted by atomic mass is 10.1. The van der Waals surface area contributed by atoms with Crippen molar-refractivity contribution in [2.24, 2.45) is 5.73 Å². The number of likely N-dealkylation sites (N-methyl/N-ethyl adjacent to an activating group) is 1. The number of amides is 1. The molecule has 0 aliphatic carbocycles. The number of ether oxygens (including phenoxy) is 1. The number of hydrogen-bond acceptors (Lipinski definition) is 4. The van der Waals surface area contributed by atoms with E-state index < -0.39 is 6.04 Å². The summed E-state index contributed by atoms with van der Waals surface area (Å²) in [6, 6.07) is 7.13. The molecule has 0 heterocycles. The summed E-state index contributed by atoms with van der Waals surface area (Å²) >= 11 is 0. The molecule has 134 valence electrons. The number of benzene rings is 1. The Balaban J connectivity index is 0. The van der Waals surface area contributed by atoms with E-state index in [-0.39, 0.29) is 30.7 Å². The zero-order valence-corrected chi connectivity index (χ0v) is 15.7. The summed E-state index contributed by atoms with van der Waals surface area (Å²) in [6.07, 6.45) is 0.895. The van der Waals surface area contributed by atoms with Gasteiger partial charge in [-0.2, -0.15) is 0 Å². The third kappa shape index (κ3) is 9.79. The van der Waals surface area contributed by atoms with Crippen LogP contribution < -0.4 is 11.1 Å². The van der Waals surface area contributed by atoms with Crippen LogP contribution in [0.2, 0.25) is 0 Å². The van der Waals surface area contributed by atoms with E-state index in [4.69, 9.17) is 10.5 Å². The molecular formula is C16H29Cl2N3O2. The molecule has 23 heavy (non-hydrogen) atoms. The van der Waals surface area contributed by atoms with Gasteiger partial charge in [0.1, 0.15) is 6.04 Å². The minimum Gasteiger partial charge on any atom is -0.383 e. The van der Waals surface area contributed by atoms with Crippen molar-refractivity contribution in [2.45, 2.75) is 19.4 Å². The summed E-state index contributed by atoms with van der Waals surface area (Å²) < 4.78 is 5.02. The van der Waals surface area contributed by atoms with E-state index in [0.717, 1.165) is 37.2 Å². The van der Waals surface area contributed by atoms with Crippen molar-refractivity contribution < 1.29 is 9.53 Å². The number of nitrogens with two attached hydrogens (primary N) is 1. The summed E-state index contributed by atoms with van der Waals surface area (Å²) in [7, 11) is 3.74. The quantitative estimate of drug-likeness (QED) is 0.656. The van der Waals surface area contributed by atoms with Crippen molar-refractivity contribution >= 4 is 30.7 Å². The fraction of sp³-hybridized carbons (Fsp3) is 0.562. The van der Waals surface area contributed by atoms with Crippen LogP contribution in [0.3, 0.4) is 0 Å². The van der Waals surface area contributed by atoms with Crippen LogP contribution in [0.4, 0.5) is 0 Å². The number of halogens is 2. The van der Waals surface area contributed by atoms with E-state index in [9.17, 15) is 4.79 Å². The Morgan fingerprint density at radius 2 is 1.87 bits per heavy atom. The molecule has 1 unspecified atom stereocenters. The predicted molar refractivity (Wildman–Crippen MR) is 99.6 cm³/mol. The van der Waals surface area contributed by atoms with Crippen LogP contribution in [0.15, 0.2) is 24.3 Å². The number of rotatable bonds is 9. The SMILES string of the molecule is COCCN(C)CCCNC(=O)C(N)c1ccc(C)cc1.Cl.Cl. The summed E-state index contributed by atoms with van der Waals surface area (Å²) in [6.45, 7) is 5.18. The number of aryl methyl sites for hydroxylation is 1. The van der Waals surface area contributed by atoms with Crippen molar-refractivity contribution in [2.75, 3.05) is 40.4 Å². The minimum atomic E-state index is -0.600. The Hall–Kier alpha value is -0.850. The number of carbonyl (C=O) groups is 1. The van der Waals surface area contributed by atoms with Gasteiger partial charge in [0.15, 0.2) is 0 Å². The first kappa shape index (κ1) is 24.4. The first-order valence-corrected chi connectivity index (χ1v) is 7.32. The van der Waals surface area contributed by atoms with Gasteiger partial charge < -0.3 is 20.7 Å². The lowest BCUT2D eigenvalue weighted by Crippen LogP contribution is -2.36. The Morgan fingerprint density at radius 1 is 1.26 bits per heavy atom. The molecule has 0 spiro atoms. The van der Waals surface area contributed by atoms with Crippen LogP contribution in [0.5, 0.6) is 0 Å². The van der Waals surface area contributed by atoms with Crippen molar-refractivity contribution in [3.63, 3.8) is 0 Å². The Kier molecular flexibility index (Phi) is 14.4. The second kappa shape index (κ2) is 13.6. The summed E-state index contributed by atoms with van der Waals surface area (Å²) in [5, 5.41) is 2.89. The van der Waals surface area contributed by atoms with Crippen LogP contribution >= 0.6 is 24.8 Å². The van der Waals surface area contributed by atoms with Gasteiger partial charge >= 0.3 is 0 Å². The van der Waals surface area contributed by atoms with Crippen LogP contribution in [0.1, 0.15) is 23.6 Å². The monoisotopic (exact) mass is 365 g/mol. The van der Waals surface area contributed by atoms with Gasteiger partial charge in [-0.25, -0.2) is 0 Å². The molecule has 3 N–H and O–H groups in total. The fourth-order valence-corrected chi connectivity index (χ4v) is 1.95. The maximum Gasteiger partial charge on any atom is 0.241 e. The third-order valence-corrected chi connectivity index (χ3v) is 3.41. The maximum atomic E-state index is 12.0. The van der Waals surface area contributed by atoms with Crippen LogP contribution in [-0.2, 0) is 9.53 Å². The molecule has 5 nitrogen and oxygen atoms in total. The third-order valence-electron chi connectivity index (χ3n) is 3.41. The van der Waals surface area contributed by atoms with E-state index in [2.05, 4.69) is 10.2 Å². The molecule has 0 aliphatic heterocycles. The number of carbonyl (C=O) groups excluding carboxylic acids is 1. The molecule has 0 bridgehead atoms. The predicted octanol–water partition coefficient (Wildman–Crippen LogP) is 1.92. The molecule has 1 atom stereocenters. The van der Waals surface area contributed by atoms with Crippen LogP contribution in [0.25, 0.3) is 0 Å². The van der Waals surface area contributed by atoms with Crippen molar-refractivity contribution in [1.82, 2.24) is 10.2 Å². The smallest absolute Gasteiger partial charge is 0.241 e. The van der Waals surface area contributed by atoms with Gasteiger partial charge in [-0.05, 0) is 32.5 Å². The summed E-state index contributed by atoms with van der Waals surface area (Å²) in [5.41, 5.74) is 7.96. The normalized spacial score (nSPS) is 11.3. The topological polar surface area (TPSA) is 67.6 Å². The Morgan fingerprint density at radius 3 is 2.43 bits per heavy atom. The Bertz CT molecular complexity index is 430. The zero-order valence-electron chi connectivity index (χ0n) is 14.1. The lowest BCUT2D eigenvalue weighted by Gasteiger charge is -2.17. The first-order valence-electron chi connectivity index (χ1n) is 7.32. The summed E-state index contributed by atoms with van der Waals surface area (Å²) in [5.74, 6) is -0.126. The molecule has 1 aromatic rings. The fourth-order valence-electron chi connectivity index (χ4n) is 1.95. The van der Waals surface area contributed by atoms with E-state index >= 15 is 0 Å². The molecule has 0 radical (unpaired) electrons. The number of nitrogens with one attached hydrogen (secondary N) is 1. The highest BCUT2D eigenvalue weighted by atomic mass is 35.5. The first-order chi connectivity index (χ1) is 10.0. The van der Waals surface area contributed by atoms with Crippen molar-refractivity contribution in [3.8, 4) is 0 Å². The van der Waals surface area contributed by atoms with Gasteiger partial charge in [0.25, 0.3) is 0 Å². The molecule has 0 fully saturated rings. The van der Waals surface area contributed by atoms with Gasteiger partial charge in [-0.15, -0.1) is 24.8 Å². The highest BCUT2D eigenvalue weighted by molar-refractivity contribution is 5.85. The van der Waals surface area contributed by atoms with E-state index in [0.29, 0.717) is 6.54 Å². The molecule has 7 heteroatoms. The lowest BCUT2D eigenvalue weighted by molar-refractivity contribution is -0.122. The van der Waals surface area contributed by atoms with Gasteiger partial charge in [0, 0.05) is 20.2 Å². The largest absolute Gasteiger partial charge is 0.383 e. The average Bonchev–Trinajstić information content (AvgIpc) is 2.49. The molecule has 0 saturated heterocycles. The van der Waals surface area contributed by atoms with Crippen LogP contribution in [-0.4, -0.2) is 51.2 Å². The highest BCUT2D eigenvalue weighted by Crippen LogP contribution is 2.11. The Labute approximate surface area is 151 Å². The van der Waals surface area contributed by atoms with Crippen molar-refractivity contribution in [1.29, 1.82) is 0 Å². The number of nitrogens with zero attached hydrogens (tertiary/aromatic N) is 1. The molecule has 0 aliphatic rings. The molecular weight excluding hydrogens is 337 g/mol. The standard InChI is InChI=1S/C16H27N3O2.2ClH/c1-13-5-7-14(8-6-13)15(17)16(20)18-9-4-10-19(2)11-12-21-3;;/h5-8,15H,4,9-12,17H2,1-3H3,(H,18,20);2*1H. The highest BCUT2D eigenvalue weighted by Gasteiger charge is 2.14. The molecule has 0 aromatic heterocycles. The average molecular weight is 366 g/mol. The molecule has 1 rings (SSSR count). The van der Waals surface area contributed by atoms with E-state index in [1.807, 2.05) is 38.2 Å². The van der Waals surface area contributed by atoms with Crippen LogP contribution in [0, 0.1) is 6.92 Å². The van der Waals surface area contributed by atoms with Gasteiger partial charge in [0.05, 0.1) is 6.61 Å². The maximum absolute atomic E-state index is 12.0. The zero-order chi connectivity index (χ0) is 15.7.